The molecule has 0 unspecified atom stereocenters. The van der Waals surface area contributed by atoms with Gasteiger partial charge >= 0.3 is 23.6 Å². The number of hydrogen-bond acceptors (Lipinski definition) is 11. The Bertz CT molecular complexity index is 1140. The van der Waals surface area contributed by atoms with Crippen LogP contribution in [-0.4, -0.2) is 58.5 Å². The number of aryl methyl sites for hydroxylation is 1. The number of carboxylic acid groups (broad SMARTS) is 1. The summed E-state index contributed by atoms with van der Waals surface area (Å²) in [6.45, 7) is 2.59. The second-order valence-electron chi connectivity index (χ2n) is 6.54. The van der Waals surface area contributed by atoms with Crippen LogP contribution in [0.2, 0.25) is 0 Å². The SMILES string of the molecule is COC(=O)c1c(Oc2cc(C)cc(O)c2C(=O)O[C@@H](C)C(=O)O)c(OC)cc(O)c1[N+](=O)[O-]. The number of methoxy groups -OCH3 is 2. The molecular formula is C20H19NO12. The van der Waals surface area contributed by atoms with Gasteiger partial charge in [0.15, 0.2) is 28.9 Å². The summed E-state index contributed by atoms with van der Waals surface area (Å²) in [6.07, 6.45) is -1.58. The van der Waals surface area contributed by atoms with Gasteiger partial charge in [-0.1, -0.05) is 0 Å². The zero-order valence-electron chi connectivity index (χ0n) is 17.8. The minimum absolute atomic E-state index is 0.349. The van der Waals surface area contributed by atoms with Crippen LogP contribution in [0.15, 0.2) is 18.2 Å². The summed E-state index contributed by atoms with van der Waals surface area (Å²) < 4.78 is 20.0. The van der Waals surface area contributed by atoms with Crippen molar-refractivity contribution in [2.24, 2.45) is 0 Å². The molecule has 13 heteroatoms. The molecule has 0 aliphatic heterocycles. The minimum Gasteiger partial charge on any atom is -0.507 e. The lowest BCUT2D eigenvalue weighted by atomic mass is 10.1. The van der Waals surface area contributed by atoms with Crippen LogP contribution < -0.4 is 9.47 Å². The third kappa shape index (κ3) is 5.03. The largest absolute Gasteiger partial charge is 0.507 e. The predicted octanol–water partition coefficient (Wildman–Crippen LogP) is 2.53. The number of hydrogen-bond donors (Lipinski definition) is 3. The Morgan fingerprint density at radius 3 is 2.15 bits per heavy atom. The number of esters is 2. The number of carboxylic acids is 1. The van der Waals surface area contributed by atoms with Gasteiger partial charge in [-0.2, -0.15) is 0 Å². The maximum atomic E-state index is 12.6. The molecule has 1 atom stereocenters. The highest BCUT2D eigenvalue weighted by atomic mass is 16.6. The molecule has 13 nitrogen and oxygen atoms in total. The normalized spacial score (nSPS) is 11.3. The Balaban J connectivity index is 2.79. The number of aromatic hydroxyl groups is 2. The van der Waals surface area contributed by atoms with Crippen molar-refractivity contribution in [2.75, 3.05) is 14.2 Å². The van der Waals surface area contributed by atoms with E-state index in [2.05, 4.69) is 4.74 Å². The van der Waals surface area contributed by atoms with Crippen LogP contribution >= 0.6 is 0 Å². The van der Waals surface area contributed by atoms with Gasteiger partial charge in [-0.15, -0.1) is 0 Å². The smallest absolute Gasteiger partial charge is 0.349 e. The van der Waals surface area contributed by atoms with Gasteiger partial charge in [0.2, 0.25) is 0 Å². The van der Waals surface area contributed by atoms with Crippen molar-refractivity contribution < 1.29 is 53.6 Å². The number of nitrogens with zero attached hydrogens (tertiary/aromatic N) is 1. The topological polar surface area (TPSA) is 192 Å². The van der Waals surface area contributed by atoms with Gasteiger partial charge in [0.05, 0.1) is 19.1 Å². The number of aliphatic carboxylic acids is 1. The van der Waals surface area contributed by atoms with Crippen molar-refractivity contribution >= 4 is 23.6 Å². The lowest BCUT2D eigenvalue weighted by Gasteiger charge is -2.18. The first-order valence-corrected chi connectivity index (χ1v) is 9.04. The van der Waals surface area contributed by atoms with Crippen LogP contribution in [0, 0.1) is 17.0 Å². The number of phenols is 2. The van der Waals surface area contributed by atoms with Crippen LogP contribution in [0.1, 0.15) is 33.2 Å². The molecule has 0 aromatic heterocycles. The zero-order chi connectivity index (χ0) is 25.0. The van der Waals surface area contributed by atoms with Crippen molar-refractivity contribution in [3.63, 3.8) is 0 Å². The van der Waals surface area contributed by atoms with Gasteiger partial charge in [0.1, 0.15) is 17.1 Å². The van der Waals surface area contributed by atoms with Crippen LogP contribution in [-0.2, 0) is 14.3 Å². The molecule has 2 rings (SSSR count). The van der Waals surface area contributed by atoms with Gasteiger partial charge in [-0.3, -0.25) is 10.1 Å². The Morgan fingerprint density at radius 2 is 1.64 bits per heavy atom. The summed E-state index contributed by atoms with van der Waals surface area (Å²) in [4.78, 5) is 46.4. The maximum absolute atomic E-state index is 12.6. The van der Waals surface area contributed by atoms with Crippen molar-refractivity contribution in [1.82, 2.24) is 0 Å². The van der Waals surface area contributed by atoms with Crippen LogP contribution in [0.5, 0.6) is 28.7 Å². The monoisotopic (exact) mass is 465 g/mol. The molecule has 0 fully saturated rings. The van der Waals surface area contributed by atoms with E-state index < -0.39 is 68.7 Å². The number of carbonyl (C=O) groups excluding carboxylic acids is 2. The first-order chi connectivity index (χ1) is 15.4. The summed E-state index contributed by atoms with van der Waals surface area (Å²) in [5, 5.41) is 40.8. The first kappa shape index (κ1) is 24.7. The van der Waals surface area contributed by atoms with E-state index in [0.29, 0.717) is 5.56 Å². The Kier molecular flexibility index (Phi) is 7.28. The summed E-state index contributed by atoms with van der Waals surface area (Å²) >= 11 is 0. The molecule has 3 N–H and O–H groups in total. The Labute approximate surface area is 185 Å². The van der Waals surface area contributed by atoms with E-state index in [9.17, 15) is 34.7 Å². The highest BCUT2D eigenvalue weighted by molar-refractivity contribution is 6.00. The number of benzene rings is 2. The molecule has 0 amide bonds. The standard InChI is InChI=1S/C20H19NO12/c1-8-5-10(22)14(20(27)32-9(2)18(24)25)12(6-8)33-17-13(30-3)7-11(23)16(21(28)29)15(17)19(26)31-4/h5-7,9,22-23H,1-4H3,(H,24,25)/t9-/m0/s1. The molecule has 33 heavy (non-hydrogen) atoms. The highest BCUT2D eigenvalue weighted by Crippen LogP contribution is 2.47. The molecule has 0 radical (unpaired) electrons. The second kappa shape index (κ2) is 9.72. The third-order valence-electron chi connectivity index (χ3n) is 4.26. The summed E-state index contributed by atoms with van der Waals surface area (Å²) in [5.74, 6) is -7.00. The number of phenolic OH excluding ortho intramolecular Hbond substituents is 2. The number of nitro groups is 1. The van der Waals surface area contributed by atoms with E-state index in [1.807, 2.05) is 0 Å². The van der Waals surface area contributed by atoms with E-state index in [1.54, 1.807) is 0 Å². The molecule has 0 aliphatic rings. The van der Waals surface area contributed by atoms with Crippen molar-refractivity contribution in [3.8, 4) is 28.7 Å². The lowest BCUT2D eigenvalue weighted by Crippen LogP contribution is -2.24. The van der Waals surface area contributed by atoms with Gasteiger partial charge < -0.3 is 34.3 Å². The molecule has 0 bridgehead atoms. The zero-order valence-corrected chi connectivity index (χ0v) is 17.8. The van der Waals surface area contributed by atoms with Crippen molar-refractivity contribution in [1.29, 1.82) is 0 Å². The average molecular weight is 465 g/mol. The lowest BCUT2D eigenvalue weighted by molar-refractivity contribution is -0.386. The van der Waals surface area contributed by atoms with E-state index in [0.717, 1.165) is 33.3 Å². The Hall–Kier alpha value is -4.55. The molecule has 0 heterocycles. The van der Waals surface area contributed by atoms with E-state index >= 15 is 0 Å². The molecule has 2 aromatic carbocycles. The van der Waals surface area contributed by atoms with E-state index in [4.69, 9.17) is 19.3 Å². The number of nitro benzene ring substituents is 1. The minimum atomic E-state index is -1.58. The number of ether oxygens (including phenoxy) is 4. The second-order valence-corrected chi connectivity index (χ2v) is 6.54. The van der Waals surface area contributed by atoms with Gasteiger partial charge in [0.25, 0.3) is 0 Å². The third-order valence-corrected chi connectivity index (χ3v) is 4.26. The van der Waals surface area contributed by atoms with Crippen LogP contribution in [0.3, 0.4) is 0 Å². The summed E-state index contributed by atoms with van der Waals surface area (Å²) in [7, 11) is 2.05. The van der Waals surface area contributed by atoms with Gasteiger partial charge in [-0.05, 0) is 31.5 Å². The van der Waals surface area contributed by atoms with Gasteiger partial charge in [0, 0.05) is 6.07 Å². The molecule has 0 saturated heterocycles. The predicted molar refractivity (Wildman–Crippen MR) is 108 cm³/mol. The van der Waals surface area contributed by atoms with Crippen molar-refractivity contribution in [2.45, 2.75) is 20.0 Å². The molecule has 176 valence electrons. The average Bonchev–Trinajstić information content (AvgIpc) is 2.72. The number of carbonyl (C=O) groups is 3. The fourth-order valence-electron chi connectivity index (χ4n) is 2.75. The molecule has 2 aromatic rings. The van der Waals surface area contributed by atoms with Crippen molar-refractivity contribution in [3.05, 3.63) is 45.0 Å². The highest BCUT2D eigenvalue weighted by Gasteiger charge is 2.35. The molecule has 0 saturated carbocycles. The Morgan fingerprint density at radius 1 is 1.00 bits per heavy atom. The van der Waals surface area contributed by atoms with E-state index in [-0.39, 0.29) is 5.75 Å². The quantitative estimate of drug-likeness (QED) is 0.293. The first-order valence-electron chi connectivity index (χ1n) is 9.04. The van der Waals surface area contributed by atoms with Gasteiger partial charge in [-0.25, -0.2) is 14.4 Å². The van der Waals surface area contributed by atoms with Crippen LogP contribution in [0.25, 0.3) is 0 Å². The fraction of sp³-hybridized carbons (Fsp3) is 0.250. The molecule has 0 aliphatic carbocycles. The maximum Gasteiger partial charge on any atom is 0.349 e. The number of rotatable bonds is 8. The molecule has 0 spiro atoms. The summed E-state index contributed by atoms with van der Waals surface area (Å²) in [5.41, 5.74) is -2.16. The fourth-order valence-corrected chi connectivity index (χ4v) is 2.75. The molecular weight excluding hydrogens is 446 g/mol. The summed E-state index contributed by atoms with van der Waals surface area (Å²) in [6, 6.07) is 3.19. The van der Waals surface area contributed by atoms with Crippen LogP contribution in [0.4, 0.5) is 5.69 Å². The van der Waals surface area contributed by atoms with E-state index in [1.165, 1.54) is 13.0 Å².